The molecule has 0 aliphatic heterocycles. The van der Waals surface area contributed by atoms with Crippen molar-refractivity contribution >= 4 is 27.5 Å². The molecule has 0 bridgehead atoms. The lowest BCUT2D eigenvalue weighted by atomic mass is 10.3. The molecule has 0 spiro atoms. The largest absolute Gasteiger partial charge is 0.492 e. The van der Waals surface area contributed by atoms with Crippen molar-refractivity contribution in [1.29, 1.82) is 0 Å². The zero-order valence-corrected chi connectivity index (χ0v) is 14.4. The number of nitrogens with zero attached hydrogens (tertiary/aromatic N) is 1. The molecule has 1 N–H and O–H groups in total. The third-order valence-corrected chi connectivity index (χ3v) is 4.29. The summed E-state index contributed by atoms with van der Waals surface area (Å²) in [6, 6.07) is 6.23. The van der Waals surface area contributed by atoms with Crippen molar-refractivity contribution in [3.8, 4) is 5.75 Å². The van der Waals surface area contributed by atoms with Crippen LogP contribution in [0.2, 0.25) is 5.02 Å². The van der Waals surface area contributed by atoms with Crippen molar-refractivity contribution in [2.24, 2.45) is 0 Å². The van der Waals surface area contributed by atoms with Crippen molar-refractivity contribution in [3.05, 3.63) is 29.3 Å². The van der Waals surface area contributed by atoms with E-state index < -0.39 is 15.9 Å². The second-order valence-electron chi connectivity index (χ2n) is 5.09. The molecule has 0 aliphatic rings. The van der Waals surface area contributed by atoms with E-state index in [2.05, 4.69) is 5.32 Å². The Morgan fingerprint density at radius 3 is 2.73 bits per heavy atom. The fourth-order valence-corrected chi connectivity index (χ4v) is 3.04. The predicted molar refractivity (Wildman–Crippen MR) is 87.3 cm³/mol. The molecule has 1 atom stereocenters. The SMILES string of the molecule is C[C@H](CS(C)(=O)=O)N(C)C(=O)NCCOc1cccc(Cl)c1. The van der Waals surface area contributed by atoms with Gasteiger partial charge in [-0.1, -0.05) is 17.7 Å². The molecule has 0 aliphatic carbocycles. The van der Waals surface area contributed by atoms with Crippen LogP contribution in [-0.4, -0.2) is 57.6 Å². The fourth-order valence-electron chi connectivity index (χ4n) is 1.76. The molecule has 0 saturated carbocycles. The fraction of sp³-hybridized carbons (Fsp3) is 0.500. The minimum Gasteiger partial charge on any atom is -0.492 e. The molecule has 1 aromatic carbocycles. The van der Waals surface area contributed by atoms with Crippen LogP contribution in [0.15, 0.2) is 24.3 Å². The van der Waals surface area contributed by atoms with Gasteiger partial charge in [-0.2, -0.15) is 0 Å². The van der Waals surface area contributed by atoms with Crippen molar-refractivity contribution in [2.75, 3.05) is 32.2 Å². The number of amides is 2. The maximum Gasteiger partial charge on any atom is 0.317 e. The van der Waals surface area contributed by atoms with E-state index in [0.29, 0.717) is 23.9 Å². The van der Waals surface area contributed by atoms with E-state index in [-0.39, 0.29) is 11.8 Å². The van der Waals surface area contributed by atoms with E-state index >= 15 is 0 Å². The summed E-state index contributed by atoms with van der Waals surface area (Å²) in [5, 5.41) is 3.25. The summed E-state index contributed by atoms with van der Waals surface area (Å²) in [6.45, 7) is 2.28. The number of sulfone groups is 1. The van der Waals surface area contributed by atoms with Crippen LogP contribution in [0.25, 0.3) is 0 Å². The number of nitrogens with one attached hydrogen (secondary N) is 1. The highest BCUT2D eigenvalue weighted by atomic mass is 35.5. The Morgan fingerprint density at radius 2 is 2.14 bits per heavy atom. The molecule has 124 valence electrons. The van der Waals surface area contributed by atoms with Gasteiger partial charge in [0.25, 0.3) is 0 Å². The first-order valence-electron chi connectivity index (χ1n) is 6.76. The first kappa shape index (κ1) is 18.6. The van der Waals surface area contributed by atoms with Gasteiger partial charge in [-0.05, 0) is 25.1 Å². The first-order valence-corrected chi connectivity index (χ1v) is 9.19. The second-order valence-corrected chi connectivity index (χ2v) is 7.71. The van der Waals surface area contributed by atoms with Crippen molar-refractivity contribution in [3.63, 3.8) is 0 Å². The van der Waals surface area contributed by atoms with Crippen molar-refractivity contribution in [1.82, 2.24) is 10.2 Å². The van der Waals surface area contributed by atoms with Crippen LogP contribution in [0.3, 0.4) is 0 Å². The van der Waals surface area contributed by atoms with Gasteiger partial charge < -0.3 is 15.0 Å². The summed E-state index contributed by atoms with van der Waals surface area (Å²) in [4.78, 5) is 13.2. The van der Waals surface area contributed by atoms with Crippen molar-refractivity contribution < 1.29 is 17.9 Å². The molecule has 8 heteroatoms. The highest BCUT2D eigenvalue weighted by molar-refractivity contribution is 7.90. The van der Waals surface area contributed by atoms with Gasteiger partial charge in [0.15, 0.2) is 0 Å². The number of benzene rings is 1. The number of ether oxygens (including phenoxy) is 1. The maximum absolute atomic E-state index is 11.9. The molecule has 6 nitrogen and oxygen atoms in total. The zero-order valence-electron chi connectivity index (χ0n) is 12.9. The van der Waals surface area contributed by atoms with Gasteiger partial charge in [0, 0.05) is 24.4 Å². The van der Waals surface area contributed by atoms with Gasteiger partial charge in [-0.3, -0.25) is 0 Å². The number of hydrogen-bond donors (Lipinski definition) is 1. The number of carbonyl (C=O) groups is 1. The Labute approximate surface area is 136 Å². The molecule has 0 fully saturated rings. The lowest BCUT2D eigenvalue weighted by Crippen LogP contribution is -2.45. The average molecular weight is 349 g/mol. The van der Waals surface area contributed by atoms with E-state index in [9.17, 15) is 13.2 Å². The molecule has 0 radical (unpaired) electrons. The molecular weight excluding hydrogens is 328 g/mol. The van der Waals surface area contributed by atoms with Crippen molar-refractivity contribution in [2.45, 2.75) is 13.0 Å². The molecular formula is C14H21ClN2O4S. The average Bonchev–Trinajstić information content (AvgIpc) is 2.40. The number of hydrogen-bond acceptors (Lipinski definition) is 4. The van der Waals surface area contributed by atoms with Crippen LogP contribution in [0.5, 0.6) is 5.75 Å². The van der Waals surface area contributed by atoms with E-state index in [0.717, 1.165) is 6.26 Å². The van der Waals surface area contributed by atoms with Gasteiger partial charge in [0.05, 0.1) is 12.3 Å². The number of halogens is 1. The van der Waals surface area contributed by atoms with Crippen LogP contribution >= 0.6 is 11.6 Å². The van der Waals surface area contributed by atoms with Crippen LogP contribution in [0.1, 0.15) is 6.92 Å². The molecule has 1 aromatic rings. The van der Waals surface area contributed by atoms with Gasteiger partial charge in [0.1, 0.15) is 22.2 Å². The van der Waals surface area contributed by atoms with Gasteiger partial charge >= 0.3 is 6.03 Å². The summed E-state index contributed by atoms with van der Waals surface area (Å²) in [6.07, 6.45) is 1.15. The lowest BCUT2D eigenvalue weighted by molar-refractivity contribution is 0.195. The molecule has 2 amide bonds. The minimum absolute atomic E-state index is 0.0735. The smallest absolute Gasteiger partial charge is 0.317 e. The van der Waals surface area contributed by atoms with Gasteiger partial charge in [-0.15, -0.1) is 0 Å². The number of rotatable bonds is 7. The Bertz CT molecular complexity index is 607. The minimum atomic E-state index is -3.13. The second kappa shape index (κ2) is 8.24. The summed E-state index contributed by atoms with van der Waals surface area (Å²) in [5.74, 6) is 0.552. The monoisotopic (exact) mass is 348 g/mol. The Morgan fingerprint density at radius 1 is 1.45 bits per heavy atom. The first-order chi connectivity index (χ1) is 10.2. The van der Waals surface area contributed by atoms with E-state index in [1.807, 2.05) is 0 Å². The molecule has 0 heterocycles. The summed E-state index contributed by atoms with van der Waals surface area (Å²) >= 11 is 5.83. The highest BCUT2D eigenvalue weighted by Gasteiger charge is 2.19. The normalized spacial score (nSPS) is 12.5. The lowest BCUT2D eigenvalue weighted by Gasteiger charge is -2.24. The van der Waals surface area contributed by atoms with Crippen LogP contribution in [0, 0.1) is 0 Å². The van der Waals surface area contributed by atoms with Gasteiger partial charge in [0.2, 0.25) is 0 Å². The molecule has 1 rings (SSSR count). The maximum atomic E-state index is 11.9. The van der Waals surface area contributed by atoms with E-state index in [1.165, 1.54) is 4.90 Å². The van der Waals surface area contributed by atoms with Gasteiger partial charge in [-0.25, -0.2) is 13.2 Å². The topological polar surface area (TPSA) is 75.7 Å². The van der Waals surface area contributed by atoms with E-state index in [4.69, 9.17) is 16.3 Å². The molecule has 0 saturated heterocycles. The standard InChI is InChI=1S/C14H21ClN2O4S/c1-11(10-22(3,19)20)17(2)14(18)16-7-8-21-13-6-4-5-12(15)9-13/h4-6,9,11H,7-8,10H2,1-3H3,(H,16,18)/t11-/m1/s1. The van der Waals surface area contributed by atoms with Crippen LogP contribution < -0.4 is 10.1 Å². The molecule has 22 heavy (non-hydrogen) atoms. The summed E-state index contributed by atoms with van der Waals surface area (Å²) in [5.41, 5.74) is 0. The summed E-state index contributed by atoms with van der Waals surface area (Å²) in [7, 11) is -1.57. The van der Waals surface area contributed by atoms with Crippen LogP contribution in [0.4, 0.5) is 4.79 Å². The van der Waals surface area contributed by atoms with E-state index in [1.54, 1.807) is 38.2 Å². The summed E-state index contributed by atoms with van der Waals surface area (Å²) < 4.78 is 27.9. The quantitative estimate of drug-likeness (QED) is 0.762. The third kappa shape index (κ3) is 7.00. The Hall–Kier alpha value is -1.47. The Kier molecular flexibility index (Phi) is 6.96. The zero-order chi connectivity index (χ0) is 16.8. The molecule has 0 aromatic heterocycles. The van der Waals surface area contributed by atoms with Crippen LogP contribution in [-0.2, 0) is 9.84 Å². The number of urea groups is 1. The molecule has 0 unspecified atom stereocenters. The highest BCUT2D eigenvalue weighted by Crippen LogP contribution is 2.16. The number of carbonyl (C=O) groups excluding carboxylic acids is 1. The Balaban J connectivity index is 2.33. The predicted octanol–water partition coefficient (Wildman–Crippen LogP) is 1.79. The third-order valence-electron chi connectivity index (χ3n) is 2.97.